The first-order valence-corrected chi connectivity index (χ1v) is 10.3. The number of hydrogen-bond acceptors (Lipinski definition) is 4. The number of halogens is 1. The maximum absolute atomic E-state index is 12.8. The van der Waals surface area contributed by atoms with E-state index in [-0.39, 0.29) is 23.3 Å². The normalized spacial score (nSPS) is 11.1. The van der Waals surface area contributed by atoms with E-state index in [9.17, 15) is 9.59 Å². The molecule has 0 saturated carbocycles. The van der Waals surface area contributed by atoms with Gasteiger partial charge in [0.15, 0.2) is 5.16 Å². The number of aryl methyl sites for hydroxylation is 1. The van der Waals surface area contributed by atoms with Crippen molar-refractivity contribution in [3.8, 4) is 0 Å². The van der Waals surface area contributed by atoms with Crippen LogP contribution in [-0.4, -0.2) is 21.2 Å². The van der Waals surface area contributed by atoms with Crippen LogP contribution in [0.2, 0.25) is 0 Å². The molecule has 1 heterocycles. The van der Waals surface area contributed by atoms with E-state index in [4.69, 9.17) is 0 Å². The quantitative estimate of drug-likeness (QED) is 0.453. The van der Waals surface area contributed by atoms with Crippen LogP contribution in [0.3, 0.4) is 0 Å². The zero-order valence-electron chi connectivity index (χ0n) is 15.3. The monoisotopic (exact) mass is 445 g/mol. The molecule has 1 amide bonds. The van der Waals surface area contributed by atoms with Crippen molar-refractivity contribution in [1.82, 2.24) is 9.55 Å². The van der Waals surface area contributed by atoms with Crippen molar-refractivity contribution in [2.24, 2.45) is 0 Å². The highest BCUT2D eigenvalue weighted by Crippen LogP contribution is 2.25. The molecule has 5 nitrogen and oxygen atoms in total. The van der Waals surface area contributed by atoms with Crippen LogP contribution in [0.25, 0.3) is 10.9 Å². The van der Waals surface area contributed by atoms with Gasteiger partial charge in [0, 0.05) is 10.5 Å². The molecule has 0 bridgehead atoms. The Hall–Kier alpha value is -2.12. The molecule has 2 aromatic carbocycles. The van der Waals surface area contributed by atoms with Crippen LogP contribution in [-0.2, 0) is 4.79 Å². The number of nitrogens with zero attached hydrogens (tertiary/aromatic N) is 2. The van der Waals surface area contributed by atoms with Crippen LogP contribution in [0.5, 0.6) is 0 Å². The van der Waals surface area contributed by atoms with Gasteiger partial charge in [0.05, 0.1) is 22.3 Å². The van der Waals surface area contributed by atoms with Gasteiger partial charge in [0.25, 0.3) is 5.56 Å². The van der Waals surface area contributed by atoms with Crippen molar-refractivity contribution < 1.29 is 4.79 Å². The van der Waals surface area contributed by atoms with Crippen LogP contribution >= 0.6 is 27.7 Å². The zero-order valence-corrected chi connectivity index (χ0v) is 17.7. The molecular formula is C20H20BrN3O2S. The molecule has 0 spiro atoms. The molecule has 0 unspecified atom stereocenters. The number of nitrogens with one attached hydrogen (secondary N) is 1. The van der Waals surface area contributed by atoms with E-state index in [0.717, 1.165) is 15.7 Å². The molecule has 0 saturated heterocycles. The molecule has 0 aliphatic heterocycles. The second-order valence-corrected chi connectivity index (χ2v) is 8.30. The lowest BCUT2D eigenvalue weighted by atomic mass is 10.2. The topological polar surface area (TPSA) is 64.0 Å². The van der Waals surface area contributed by atoms with Crippen LogP contribution < -0.4 is 10.9 Å². The summed E-state index contributed by atoms with van der Waals surface area (Å²) in [5, 5.41) is 4.02. The van der Waals surface area contributed by atoms with Gasteiger partial charge in [0.2, 0.25) is 5.91 Å². The predicted octanol–water partition coefficient (Wildman–Crippen LogP) is 4.78. The molecule has 0 aliphatic carbocycles. The van der Waals surface area contributed by atoms with Gasteiger partial charge in [-0.05, 0) is 66.5 Å². The third-order valence-electron chi connectivity index (χ3n) is 4.02. The molecule has 140 valence electrons. The summed E-state index contributed by atoms with van der Waals surface area (Å²) in [6.45, 7) is 5.86. The summed E-state index contributed by atoms with van der Waals surface area (Å²) in [5.41, 5.74) is 2.39. The predicted molar refractivity (Wildman–Crippen MR) is 115 cm³/mol. The number of thioether (sulfide) groups is 1. The highest BCUT2D eigenvalue weighted by molar-refractivity contribution is 9.10. The average molecular weight is 446 g/mol. The number of amides is 1. The minimum Gasteiger partial charge on any atom is -0.324 e. The van der Waals surface area contributed by atoms with Crippen molar-refractivity contribution in [2.75, 3.05) is 11.1 Å². The first-order chi connectivity index (χ1) is 12.9. The van der Waals surface area contributed by atoms with E-state index in [2.05, 4.69) is 26.2 Å². The van der Waals surface area contributed by atoms with Crippen LogP contribution in [0, 0.1) is 6.92 Å². The summed E-state index contributed by atoms with van der Waals surface area (Å²) in [7, 11) is 0. The Bertz CT molecular complexity index is 1060. The number of rotatable bonds is 5. The lowest BCUT2D eigenvalue weighted by Gasteiger charge is -2.16. The van der Waals surface area contributed by atoms with Crippen molar-refractivity contribution in [2.45, 2.75) is 32.0 Å². The Labute approximate surface area is 170 Å². The maximum Gasteiger partial charge on any atom is 0.262 e. The van der Waals surface area contributed by atoms with Gasteiger partial charge < -0.3 is 5.32 Å². The highest BCUT2D eigenvalue weighted by Gasteiger charge is 2.15. The molecule has 1 N–H and O–H groups in total. The van der Waals surface area contributed by atoms with Crippen LogP contribution in [0.4, 0.5) is 5.69 Å². The fourth-order valence-corrected chi connectivity index (χ4v) is 4.24. The molecule has 0 atom stereocenters. The van der Waals surface area contributed by atoms with E-state index >= 15 is 0 Å². The molecule has 0 fully saturated rings. The largest absolute Gasteiger partial charge is 0.324 e. The number of carbonyl (C=O) groups is 1. The fourth-order valence-electron chi connectivity index (χ4n) is 2.72. The lowest BCUT2D eigenvalue weighted by Crippen LogP contribution is -2.25. The van der Waals surface area contributed by atoms with E-state index in [1.807, 2.05) is 57.2 Å². The average Bonchev–Trinajstić information content (AvgIpc) is 2.62. The van der Waals surface area contributed by atoms with Gasteiger partial charge >= 0.3 is 0 Å². The van der Waals surface area contributed by atoms with Crippen molar-refractivity contribution in [3.63, 3.8) is 0 Å². The number of hydrogen-bond donors (Lipinski definition) is 1. The number of carbonyl (C=O) groups excluding carboxylic acids is 1. The minimum absolute atomic E-state index is 0.0496. The fraction of sp³-hybridized carbons (Fsp3) is 0.250. The molecular weight excluding hydrogens is 426 g/mol. The number of aromatic nitrogens is 2. The molecule has 3 aromatic rings. The van der Waals surface area contributed by atoms with Gasteiger partial charge in [-0.25, -0.2) is 4.98 Å². The summed E-state index contributed by atoms with van der Waals surface area (Å²) in [6.07, 6.45) is 0. The minimum atomic E-state index is -0.151. The Morgan fingerprint density at radius 1 is 1.26 bits per heavy atom. The van der Waals surface area contributed by atoms with Gasteiger partial charge in [-0.2, -0.15) is 0 Å². The molecule has 27 heavy (non-hydrogen) atoms. The smallest absolute Gasteiger partial charge is 0.262 e. The van der Waals surface area contributed by atoms with Crippen molar-refractivity contribution >= 4 is 50.2 Å². The second kappa shape index (κ2) is 8.27. The number of anilines is 1. The first kappa shape index (κ1) is 19.6. The van der Waals surface area contributed by atoms with E-state index < -0.39 is 0 Å². The van der Waals surface area contributed by atoms with E-state index in [0.29, 0.717) is 16.1 Å². The van der Waals surface area contributed by atoms with Crippen molar-refractivity contribution in [1.29, 1.82) is 0 Å². The zero-order chi connectivity index (χ0) is 19.6. The SMILES string of the molecule is Cc1ccc(NC(=O)CSc2nc3ccccc3c(=O)n2C(C)C)c(Br)c1. The third kappa shape index (κ3) is 4.42. The third-order valence-corrected chi connectivity index (χ3v) is 5.63. The van der Waals surface area contributed by atoms with Gasteiger partial charge in [-0.1, -0.05) is 30.0 Å². The number of benzene rings is 2. The molecule has 7 heteroatoms. The Kier molecular flexibility index (Phi) is 6.01. The molecule has 0 radical (unpaired) electrons. The molecule has 3 rings (SSSR count). The summed E-state index contributed by atoms with van der Waals surface area (Å²) < 4.78 is 2.48. The molecule has 1 aromatic heterocycles. The maximum atomic E-state index is 12.8. The van der Waals surface area contributed by atoms with Crippen LogP contribution in [0.15, 0.2) is 56.9 Å². The van der Waals surface area contributed by atoms with Gasteiger partial charge in [-0.15, -0.1) is 0 Å². The molecule has 0 aliphatic rings. The van der Waals surface area contributed by atoms with E-state index in [1.165, 1.54) is 11.8 Å². The lowest BCUT2D eigenvalue weighted by molar-refractivity contribution is -0.113. The Balaban J connectivity index is 1.82. The van der Waals surface area contributed by atoms with E-state index in [1.54, 1.807) is 10.6 Å². The van der Waals surface area contributed by atoms with Crippen LogP contribution in [0.1, 0.15) is 25.5 Å². The summed E-state index contributed by atoms with van der Waals surface area (Å²) in [4.78, 5) is 29.8. The summed E-state index contributed by atoms with van der Waals surface area (Å²) in [5.74, 6) is 0.0138. The number of para-hydroxylation sites is 1. The van der Waals surface area contributed by atoms with Gasteiger partial charge in [0.1, 0.15) is 0 Å². The van der Waals surface area contributed by atoms with Crippen molar-refractivity contribution in [3.05, 3.63) is 62.9 Å². The highest BCUT2D eigenvalue weighted by atomic mass is 79.9. The summed E-state index contributed by atoms with van der Waals surface area (Å²) in [6, 6.07) is 13.0. The second-order valence-electron chi connectivity index (χ2n) is 6.50. The standard InChI is InChI=1S/C20H20BrN3O2S/c1-12(2)24-19(26)14-6-4-5-7-16(14)23-20(24)27-11-18(25)22-17-9-8-13(3)10-15(17)21/h4-10,12H,11H2,1-3H3,(H,22,25). The van der Waals surface area contributed by atoms with Gasteiger partial charge in [-0.3, -0.25) is 14.2 Å². The summed E-state index contributed by atoms with van der Waals surface area (Å²) >= 11 is 4.72. The Morgan fingerprint density at radius 3 is 2.70 bits per heavy atom. The Morgan fingerprint density at radius 2 is 2.00 bits per heavy atom. The first-order valence-electron chi connectivity index (χ1n) is 8.57. The number of fused-ring (bicyclic) bond motifs is 1.